The molecule has 1 unspecified atom stereocenters. The monoisotopic (exact) mass is 395 g/mol. The molecule has 5 heteroatoms. The first kappa shape index (κ1) is 20.9. The topological polar surface area (TPSA) is 55.8 Å². The Balaban J connectivity index is 1.58. The number of methoxy groups -OCH3 is 1. The number of amides is 1. The summed E-state index contributed by atoms with van der Waals surface area (Å²) in [6.07, 6.45) is 2.38. The van der Waals surface area contributed by atoms with Crippen molar-refractivity contribution in [2.24, 2.45) is 5.92 Å². The molecule has 0 radical (unpaired) electrons. The van der Waals surface area contributed by atoms with Gasteiger partial charge in [0, 0.05) is 19.2 Å². The zero-order valence-corrected chi connectivity index (χ0v) is 17.4. The molecule has 5 nitrogen and oxygen atoms in total. The van der Waals surface area contributed by atoms with E-state index in [0.29, 0.717) is 23.0 Å². The van der Waals surface area contributed by atoms with Crippen LogP contribution in [0.1, 0.15) is 42.6 Å². The molecule has 1 aliphatic heterocycles. The highest BCUT2D eigenvalue weighted by atomic mass is 16.5. The highest BCUT2D eigenvalue weighted by Crippen LogP contribution is 2.27. The Morgan fingerprint density at radius 2 is 1.79 bits per heavy atom. The predicted octanol–water partition coefficient (Wildman–Crippen LogP) is 4.15. The molecule has 0 bridgehead atoms. The molecule has 0 aromatic heterocycles. The number of carbonyl (C=O) groups is 2. The Morgan fingerprint density at radius 3 is 2.41 bits per heavy atom. The third-order valence-corrected chi connectivity index (χ3v) is 5.51. The Morgan fingerprint density at radius 1 is 1.10 bits per heavy atom. The number of ketones is 1. The lowest BCUT2D eigenvalue weighted by molar-refractivity contribution is -0.139. The summed E-state index contributed by atoms with van der Waals surface area (Å²) >= 11 is 0. The van der Waals surface area contributed by atoms with Crippen molar-refractivity contribution in [2.75, 3.05) is 20.2 Å². The van der Waals surface area contributed by atoms with Gasteiger partial charge in [0.05, 0.1) is 12.7 Å². The fraction of sp³-hybridized carbons (Fsp3) is 0.417. The lowest BCUT2D eigenvalue weighted by Gasteiger charge is -2.33. The van der Waals surface area contributed by atoms with Crippen LogP contribution in [0, 0.1) is 5.92 Å². The van der Waals surface area contributed by atoms with Gasteiger partial charge < -0.3 is 14.4 Å². The maximum absolute atomic E-state index is 12.9. The summed E-state index contributed by atoms with van der Waals surface area (Å²) in [6.45, 7) is 4.70. The summed E-state index contributed by atoms with van der Waals surface area (Å²) in [5, 5.41) is 0. The van der Waals surface area contributed by atoms with E-state index in [0.717, 1.165) is 32.4 Å². The summed E-state index contributed by atoms with van der Waals surface area (Å²) in [5.74, 6) is 1.42. The number of carbonyl (C=O) groups excluding carboxylic acids is 2. The molecule has 0 aliphatic carbocycles. The third-order valence-electron chi connectivity index (χ3n) is 5.51. The van der Waals surface area contributed by atoms with Crippen LogP contribution < -0.4 is 9.47 Å². The third kappa shape index (κ3) is 5.37. The number of hydrogen-bond acceptors (Lipinski definition) is 4. The molecule has 1 amide bonds. The summed E-state index contributed by atoms with van der Waals surface area (Å²) in [6, 6.07) is 15.5. The summed E-state index contributed by atoms with van der Waals surface area (Å²) < 4.78 is 11.1. The van der Waals surface area contributed by atoms with Gasteiger partial charge >= 0.3 is 0 Å². The number of nitrogens with zero attached hydrogens (tertiary/aromatic N) is 1. The van der Waals surface area contributed by atoms with E-state index in [-0.39, 0.29) is 11.7 Å². The molecule has 0 spiro atoms. The molecule has 1 atom stereocenters. The number of piperidine rings is 1. The zero-order chi connectivity index (χ0) is 20.8. The Bertz CT molecular complexity index is 841. The first-order valence-corrected chi connectivity index (χ1v) is 10.2. The van der Waals surface area contributed by atoms with Crippen LogP contribution in [0.4, 0.5) is 0 Å². The van der Waals surface area contributed by atoms with Gasteiger partial charge in [-0.2, -0.15) is 0 Å². The Kier molecular flexibility index (Phi) is 6.91. The number of likely N-dealkylation sites (tertiary alicyclic amines) is 1. The average molecular weight is 395 g/mol. The first-order valence-electron chi connectivity index (χ1n) is 10.2. The van der Waals surface area contributed by atoms with E-state index in [1.54, 1.807) is 32.2 Å². The predicted molar refractivity (Wildman–Crippen MR) is 113 cm³/mol. The molecule has 2 aromatic carbocycles. The molecule has 1 heterocycles. The van der Waals surface area contributed by atoms with Crippen molar-refractivity contribution >= 4 is 11.7 Å². The molecular weight excluding hydrogens is 366 g/mol. The number of rotatable bonds is 7. The molecule has 0 saturated carbocycles. The van der Waals surface area contributed by atoms with Gasteiger partial charge in [-0.3, -0.25) is 9.59 Å². The van der Waals surface area contributed by atoms with Crippen molar-refractivity contribution in [3.63, 3.8) is 0 Å². The van der Waals surface area contributed by atoms with Crippen LogP contribution in [0.5, 0.6) is 11.5 Å². The Labute approximate surface area is 172 Å². The van der Waals surface area contributed by atoms with Crippen LogP contribution in [0.2, 0.25) is 0 Å². The summed E-state index contributed by atoms with van der Waals surface area (Å²) in [7, 11) is 1.56. The van der Waals surface area contributed by atoms with Gasteiger partial charge in [-0.25, -0.2) is 0 Å². The molecule has 0 N–H and O–H groups in total. The van der Waals surface area contributed by atoms with Gasteiger partial charge in [0.2, 0.25) is 0 Å². The fourth-order valence-corrected chi connectivity index (χ4v) is 3.82. The molecule has 154 valence electrons. The summed E-state index contributed by atoms with van der Waals surface area (Å²) in [4.78, 5) is 26.7. The van der Waals surface area contributed by atoms with E-state index in [2.05, 4.69) is 24.3 Å². The largest absolute Gasteiger partial charge is 0.497 e. The van der Waals surface area contributed by atoms with Crippen LogP contribution >= 0.6 is 0 Å². The van der Waals surface area contributed by atoms with Gasteiger partial charge in [0.1, 0.15) is 11.5 Å². The maximum Gasteiger partial charge on any atom is 0.263 e. The van der Waals surface area contributed by atoms with Crippen molar-refractivity contribution in [1.82, 2.24) is 4.90 Å². The molecular formula is C24H29NO4. The van der Waals surface area contributed by atoms with E-state index in [4.69, 9.17) is 9.47 Å². The minimum atomic E-state index is -0.661. The van der Waals surface area contributed by atoms with Crippen LogP contribution in [-0.4, -0.2) is 42.9 Å². The van der Waals surface area contributed by atoms with E-state index in [9.17, 15) is 9.59 Å². The molecule has 1 fully saturated rings. The minimum absolute atomic E-state index is 0.0412. The van der Waals surface area contributed by atoms with E-state index < -0.39 is 6.10 Å². The van der Waals surface area contributed by atoms with Crippen molar-refractivity contribution in [3.05, 3.63) is 59.7 Å². The van der Waals surface area contributed by atoms with Crippen LogP contribution in [-0.2, 0) is 11.2 Å². The van der Waals surface area contributed by atoms with E-state index in [1.807, 2.05) is 11.0 Å². The number of ether oxygens (including phenoxy) is 2. The van der Waals surface area contributed by atoms with Gasteiger partial charge in [0.15, 0.2) is 11.9 Å². The van der Waals surface area contributed by atoms with Gasteiger partial charge in [0.25, 0.3) is 5.91 Å². The minimum Gasteiger partial charge on any atom is -0.497 e. The zero-order valence-electron chi connectivity index (χ0n) is 17.4. The molecule has 2 aromatic rings. The lowest BCUT2D eigenvalue weighted by Crippen LogP contribution is -2.45. The fourth-order valence-electron chi connectivity index (χ4n) is 3.82. The second-order valence-electron chi connectivity index (χ2n) is 7.64. The van der Waals surface area contributed by atoms with Gasteiger partial charge in [-0.05, 0) is 56.7 Å². The number of benzene rings is 2. The van der Waals surface area contributed by atoms with Crippen LogP contribution in [0.25, 0.3) is 0 Å². The van der Waals surface area contributed by atoms with Crippen molar-refractivity contribution in [1.29, 1.82) is 0 Å². The maximum atomic E-state index is 12.9. The highest BCUT2D eigenvalue weighted by Gasteiger charge is 2.28. The average Bonchev–Trinajstić information content (AvgIpc) is 2.74. The van der Waals surface area contributed by atoms with E-state index >= 15 is 0 Å². The molecule has 3 rings (SSSR count). The quantitative estimate of drug-likeness (QED) is 0.661. The first-order chi connectivity index (χ1) is 14.0. The summed E-state index contributed by atoms with van der Waals surface area (Å²) in [5.41, 5.74) is 1.80. The lowest BCUT2D eigenvalue weighted by atomic mass is 9.90. The van der Waals surface area contributed by atoms with Gasteiger partial charge in [-0.15, -0.1) is 0 Å². The van der Waals surface area contributed by atoms with Crippen LogP contribution in [0.3, 0.4) is 0 Å². The highest BCUT2D eigenvalue weighted by molar-refractivity contribution is 5.97. The molecule has 1 saturated heterocycles. The second-order valence-corrected chi connectivity index (χ2v) is 7.64. The molecule has 1 aliphatic rings. The van der Waals surface area contributed by atoms with Crippen molar-refractivity contribution in [2.45, 2.75) is 39.2 Å². The van der Waals surface area contributed by atoms with Crippen LogP contribution in [0.15, 0.2) is 48.5 Å². The van der Waals surface area contributed by atoms with Crippen molar-refractivity contribution in [3.8, 4) is 11.5 Å². The van der Waals surface area contributed by atoms with Gasteiger partial charge in [-0.1, -0.05) is 30.3 Å². The standard InChI is InChI=1S/C24H29NO4/c1-17(26)22-10-9-21(28-3)16-23(22)29-18(2)24(27)25-13-11-20(12-14-25)15-19-7-5-4-6-8-19/h4-10,16,18,20H,11-15H2,1-3H3. The number of hydrogen-bond donors (Lipinski definition) is 0. The Hall–Kier alpha value is -2.82. The SMILES string of the molecule is COc1ccc(C(C)=O)c(OC(C)C(=O)N2CCC(Cc3ccccc3)CC2)c1. The molecule has 29 heavy (non-hydrogen) atoms. The van der Waals surface area contributed by atoms with E-state index in [1.165, 1.54) is 12.5 Å². The van der Waals surface area contributed by atoms with Crippen molar-refractivity contribution < 1.29 is 19.1 Å². The number of Topliss-reactive ketones (excluding diaryl/α,β-unsaturated/α-hetero) is 1. The normalized spacial score (nSPS) is 15.6. The second kappa shape index (κ2) is 9.59. The smallest absolute Gasteiger partial charge is 0.263 e.